The molecule has 15 heavy (non-hydrogen) atoms. The van der Waals surface area contributed by atoms with Gasteiger partial charge in [0.2, 0.25) is 0 Å². The Labute approximate surface area is 97.3 Å². The van der Waals surface area contributed by atoms with Gasteiger partial charge in [-0.05, 0) is 53.2 Å². The number of aryl methyl sites for hydroxylation is 1. The van der Waals surface area contributed by atoms with E-state index in [1.54, 1.807) is 23.5 Å². The highest BCUT2D eigenvalue weighted by atomic mass is 35.5. The van der Waals surface area contributed by atoms with E-state index >= 15 is 0 Å². The molecule has 0 bridgehead atoms. The van der Waals surface area contributed by atoms with Gasteiger partial charge in [-0.15, -0.1) is 11.3 Å². The largest absolute Gasteiger partial charge is 0.276 e. The van der Waals surface area contributed by atoms with Crippen LogP contribution in [0.1, 0.15) is 15.9 Å². The molecule has 0 atom stereocenters. The fourth-order valence-electron chi connectivity index (χ4n) is 1.42. The number of rotatable bonds is 2. The topological polar surface area (TPSA) is 17.1 Å². The van der Waals surface area contributed by atoms with Crippen molar-refractivity contribution in [2.24, 2.45) is 0 Å². The Morgan fingerprint density at radius 1 is 1.20 bits per heavy atom. The Bertz CT molecular complexity index is 485. The average molecular weight is 237 g/mol. The van der Waals surface area contributed by atoms with E-state index in [-0.39, 0.29) is 0 Å². The molecule has 2 aromatic rings. The maximum Gasteiger partial charge on any atom is 0.252 e. The number of carbonyl (C=O) groups excluding carboxylic acids is 1. The van der Waals surface area contributed by atoms with E-state index in [9.17, 15) is 4.79 Å². The van der Waals surface area contributed by atoms with Crippen molar-refractivity contribution < 1.29 is 4.79 Å². The van der Waals surface area contributed by atoms with Crippen LogP contribution in [0.15, 0.2) is 35.7 Å². The van der Waals surface area contributed by atoms with Crippen molar-refractivity contribution in [3.63, 3.8) is 0 Å². The molecular formula is C12H9ClOS. The highest BCUT2D eigenvalue weighted by molar-refractivity contribution is 7.13. The van der Waals surface area contributed by atoms with Crippen LogP contribution < -0.4 is 0 Å². The Morgan fingerprint density at radius 3 is 2.33 bits per heavy atom. The molecule has 1 aromatic heterocycles. The summed E-state index contributed by atoms with van der Waals surface area (Å²) >= 11 is 7.07. The minimum absolute atomic E-state index is 0.413. The van der Waals surface area contributed by atoms with Crippen LogP contribution in [0.3, 0.4) is 0 Å². The average Bonchev–Trinajstić information content (AvgIpc) is 2.65. The second-order valence-corrected chi connectivity index (χ2v) is 4.54. The molecule has 3 heteroatoms. The predicted octanol–water partition coefficient (Wildman–Crippen LogP) is 4.10. The Hall–Kier alpha value is -1.12. The maximum atomic E-state index is 10.9. The summed E-state index contributed by atoms with van der Waals surface area (Å²) in [7, 11) is 0. The Balaban J connectivity index is 2.40. The molecule has 1 aromatic carbocycles. The van der Waals surface area contributed by atoms with Crippen molar-refractivity contribution in [3.8, 4) is 10.4 Å². The first-order chi connectivity index (χ1) is 7.18. The van der Waals surface area contributed by atoms with Gasteiger partial charge in [0, 0.05) is 10.4 Å². The summed E-state index contributed by atoms with van der Waals surface area (Å²) in [6, 6.07) is 9.44. The van der Waals surface area contributed by atoms with E-state index in [2.05, 4.69) is 18.4 Å². The van der Waals surface area contributed by atoms with E-state index in [0.29, 0.717) is 5.56 Å². The first-order valence-electron chi connectivity index (χ1n) is 4.53. The number of benzene rings is 1. The lowest BCUT2D eigenvalue weighted by Gasteiger charge is -2.00. The molecule has 0 aliphatic rings. The Morgan fingerprint density at radius 2 is 1.87 bits per heavy atom. The summed E-state index contributed by atoms with van der Waals surface area (Å²) < 4.78 is 0. The summed E-state index contributed by atoms with van der Waals surface area (Å²) in [5, 5.41) is 1.65. The van der Waals surface area contributed by atoms with Gasteiger partial charge in [-0.1, -0.05) is 12.1 Å². The van der Waals surface area contributed by atoms with Gasteiger partial charge in [0.15, 0.2) is 0 Å². The standard InChI is InChI=1S/C12H9ClOS/c1-8-6-7-15-11(8)9-2-4-10(5-3-9)12(13)14/h2-7H,1H3. The number of carbonyl (C=O) groups is 1. The molecule has 0 saturated carbocycles. The SMILES string of the molecule is Cc1ccsc1-c1ccc(C(=O)Cl)cc1. The van der Waals surface area contributed by atoms with Crippen LogP contribution in [0.25, 0.3) is 10.4 Å². The fraction of sp³-hybridized carbons (Fsp3) is 0.0833. The van der Waals surface area contributed by atoms with Crippen LogP contribution >= 0.6 is 22.9 Å². The van der Waals surface area contributed by atoms with Crippen LogP contribution in [0.2, 0.25) is 0 Å². The monoisotopic (exact) mass is 236 g/mol. The van der Waals surface area contributed by atoms with Gasteiger partial charge in [0.25, 0.3) is 5.24 Å². The molecule has 0 fully saturated rings. The van der Waals surface area contributed by atoms with Gasteiger partial charge in [0.05, 0.1) is 0 Å². The summed E-state index contributed by atoms with van der Waals surface area (Å²) in [6.07, 6.45) is 0. The van der Waals surface area contributed by atoms with Crippen molar-refractivity contribution in [2.45, 2.75) is 6.92 Å². The summed E-state index contributed by atoms with van der Waals surface area (Å²) in [5.41, 5.74) is 2.92. The van der Waals surface area contributed by atoms with E-state index in [0.717, 1.165) is 5.56 Å². The van der Waals surface area contributed by atoms with Gasteiger partial charge in [0.1, 0.15) is 0 Å². The van der Waals surface area contributed by atoms with Crippen LogP contribution in [0.5, 0.6) is 0 Å². The number of thiophene rings is 1. The van der Waals surface area contributed by atoms with Crippen molar-refractivity contribution in [1.29, 1.82) is 0 Å². The zero-order valence-electron chi connectivity index (χ0n) is 8.16. The third kappa shape index (κ3) is 2.11. The zero-order chi connectivity index (χ0) is 10.8. The minimum atomic E-state index is -0.413. The molecule has 0 unspecified atom stereocenters. The van der Waals surface area contributed by atoms with Crippen LogP contribution in [-0.2, 0) is 0 Å². The molecule has 0 aliphatic heterocycles. The van der Waals surface area contributed by atoms with Gasteiger partial charge in [-0.3, -0.25) is 4.79 Å². The molecule has 0 saturated heterocycles. The molecule has 0 amide bonds. The highest BCUT2D eigenvalue weighted by Gasteiger charge is 2.05. The highest BCUT2D eigenvalue weighted by Crippen LogP contribution is 2.29. The van der Waals surface area contributed by atoms with Crippen LogP contribution in [-0.4, -0.2) is 5.24 Å². The van der Waals surface area contributed by atoms with Crippen molar-refractivity contribution in [1.82, 2.24) is 0 Å². The minimum Gasteiger partial charge on any atom is -0.276 e. The number of halogens is 1. The molecular weight excluding hydrogens is 228 g/mol. The lowest BCUT2D eigenvalue weighted by atomic mass is 10.1. The van der Waals surface area contributed by atoms with E-state index in [1.165, 1.54) is 10.4 Å². The van der Waals surface area contributed by atoms with Crippen molar-refractivity contribution in [2.75, 3.05) is 0 Å². The van der Waals surface area contributed by atoms with Gasteiger partial charge in [-0.25, -0.2) is 0 Å². The van der Waals surface area contributed by atoms with Gasteiger partial charge >= 0.3 is 0 Å². The van der Waals surface area contributed by atoms with Crippen LogP contribution in [0.4, 0.5) is 0 Å². The maximum absolute atomic E-state index is 10.9. The first kappa shape index (κ1) is 10.4. The van der Waals surface area contributed by atoms with Gasteiger partial charge < -0.3 is 0 Å². The molecule has 0 radical (unpaired) electrons. The Kier molecular flexibility index (Phi) is 2.89. The summed E-state index contributed by atoms with van der Waals surface area (Å²) in [5.74, 6) is 0. The quantitative estimate of drug-likeness (QED) is 0.718. The number of hydrogen-bond acceptors (Lipinski definition) is 2. The van der Waals surface area contributed by atoms with Crippen LogP contribution in [0, 0.1) is 6.92 Å². The zero-order valence-corrected chi connectivity index (χ0v) is 9.73. The van der Waals surface area contributed by atoms with Gasteiger partial charge in [-0.2, -0.15) is 0 Å². The first-order valence-corrected chi connectivity index (χ1v) is 5.78. The lowest BCUT2D eigenvalue weighted by molar-refractivity contribution is 0.108. The molecule has 76 valence electrons. The molecule has 2 rings (SSSR count). The van der Waals surface area contributed by atoms with E-state index < -0.39 is 5.24 Å². The molecule has 0 N–H and O–H groups in total. The smallest absolute Gasteiger partial charge is 0.252 e. The van der Waals surface area contributed by atoms with Crippen molar-refractivity contribution >= 4 is 28.2 Å². The van der Waals surface area contributed by atoms with E-state index in [1.807, 2.05) is 12.1 Å². The van der Waals surface area contributed by atoms with Crippen molar-refractivity contribution in [3.05, 3.63) is 46.8 Å². The molecule has 0 spiro atoms. The third-order valence-corrected chi connectivity index (χ3v) is 3.52. The number of hydrogen-bond donors (Lipinski definition) is 0. The predicted molar refractivity (Wildman–Crippen MR) is 64.7 cm³/mol. The normalized spacial score (nSPS) is 10.3. The molecule has 1 heterocycles. The van der Waals surface area contributed by atoms with E-state index in [4.69, 9.17) is 11.6 Å². The summed E-state index contributed by atoms with van der Waals surface area (Å²) in [4.78, 5) is 12.1. The third-order valence-electron chi connectivity index (χ3n) is 2.24. The molecule has 1 nitrogen and oxygen atoms in total. The second kappa shape index (κ2) is 4.17. The fourth-order valence-corrected chi connectivity index (χ4v) is 2.48. The second-order valence-electron chi connectivity index (χ2n) is 3.28. The lowest BCUT2D eigenvalue weighted by Crippen LogP contribution is -1.87. The molecule has 0 aliphatic carbocycles. The summed E-state index contributed by atoms with van der Waals surface area (Å²) in [6.45, 7) is 2.08.